The molecule has 1 saturated heterocycles. The van der Waals surface area contributed by atoms with Crippen LogP contribution in [0.4, 0.5) is 5.00 Å². The van der Waals surface area contributed by atoms with E-state index in [2.05, 4.69) is 22.2 Å². The second-order valence-corrected chi connectivity index (χ2v) is 5.26. The third kappa shape index (κ3) is 3.00. The lowest BCUT2D eigenvalue weighted by molar-refractivity contribution is 0.0521. The van der Waals surface area contributed by atoms with Crippen LogP contribution in [0, 0.1) is 0 Å². The van der Waals surface area contributed by atoms with Crippen LogP contribution >= 0.6 is 11.3 Å². The summed E-state index contributed by atoms with van der Waals surface area (Å²) in [7, 11) is 2.14. The number of rotatable bonds is 5. The molecule has 6 heteroatoms. The summed E-state index contributed by atoms with van der Waals surface area (Å²) in [6.45, 7) is 4.18. The smallest absolute Gasteiger partial charge is 0.360 e. The van der Waals surface area contributed by atoms with Gasteiger partial charge in [-0.05, 0) is 33.4 Å². The number of thiazole rings is 1. The minimum absolute atomic E-state index is 0.346. The van der Waals surface area contributed by atoms with E-state index in [1.807, 2.05) is 0 Å². The molecular formula is C12H19N3O2S. The lowest BCUT2D eigenvalue weighted by Gasteiger charge is -2.19. The fraction of sp³-hybridized carbons (Fsp3) is 0.667. The number of carbonyl (C=O) groups excluding carboxylic acids is 1. The van der Waals surface area contributed by atoms with Crippen molar-refractivity contribution in [1.29, 1.82) is 0 Å². The molecule has 0 radical (unpaired) electrons. The molecule has 5 nitrogen and oxygen atoms in total. The van der Waals surface area contributed by atoms with Gasteiger partial charge in [0.1, 0.15) is 5.00 Å². The van der Waals surface area contributed by atoms with Crippen LogP contribution in [0.3, 0.4) is 0 Å². The Hall–Kier alpha value is -1.14. The molecule has 1 aliphatic heterocycles. The molecule has 1 unspecified atom stereocenters. The van der Waals surface area contributed by atoms with Crippen molar-refractivity contribution < 1.29 is 9.53 Å². The number of carbonyl (C=O) groups is 1. The van der Waals surface area contributed by atoms with Gasteiger partial charge < -0.3 is 15.0 Å². The molecular weight excluding hydrogens is 250 g/mol. The highest BCUT2D eigenvalue weighted by atomic mass is 32.1. The second kappa shape index (κ2) is 6.15. The molecule has 2 heterocycles. The van der Waals surface area contributed by atoms with E-state index in [0.29, 0.717) is 18.3 Å². The zero-order chi connectivity index (χ0) is 13.0. The molecule has 100 valence electrons. The highest BCUT2D eigenvalue weighted by molar-refractivity contribution is 7.14. The summed E-state index contributed by atoms with van der Waals surface area (Å²) in [5.41, 5.74) is 2.08. The highest BCUT2D eigenvalue weighted by Gasteiger charge is 2.22. The van der Waals surface area contributed by atoms with E-state index in [1.165, 1.54) is 24.2 Å². The summed E-state index contributed by atoms with van der Waals surface area (Å²) >= 11 is 1.45. The molecule has 1 aliphatic rings. The van der Waals surface area contributed by atoms with Gasteiger partial charge in [0.15, 0.2) is 5.69 Å². The van der Waals surface area contributed by atoms with Crippen LogP contribution in [0.1, 0.15) is 30.3 Å². The van der Waals surface area contributed by atoms with Crippen molar-refractivity contribution in [1.82, 2.24) is 9.88 Å². The van der Waals surface area contributed by atoms with Crippen molar-refractivity contribution in [2.75, 3.05) is 32.1 Å². The zero-order valence-electron chi connectivity index (χ0n) is 10.8. The van der Waals surface area contributed by atoms with E-state index < -0.39 is 0 Å². The summed E-state index contributed by atoms with van der Waals surface area (Å²) in [6.07, 6.45) is 2.45. The van der Waals surface area contributed by atoms with Gasteiger partial charge in [0.05, 0.1) is 12.1 Å². The van der Waals surface area contributed by atoms with Crippen LogP contribution in [0.5, 0.6) is 0 Å². The molecule has 1 atom stereocenters. The molecule has 0 saturated carbocycles. The maximum atomic E-state index is 11.7. The Kier molecular flexibility index (Phi) is 4.54. The Morgan fingerprint density at radius 1 is 1.72 bits per heavy atom. The Bertz CT molecular complexity index is 408. The monoisotopic (exact) mass is 269 g/mol. The molecule has 1 fully saturated rings. The van der Waals surface area contributed by atoms with Crippen molar-refractivity contribution in [3.05, 3.63) is 11.2 Å². The van der Waals surface area contributed by atoms with E-state index >= 15 is 0 Å². The SMILES string of the molecule is CCOC(=O)c1ncsc1NCC1CCCN1C. The predicted octanol–water partition coefficient (Wildman–Crippen LogP) is 1.83. The fourth-order valence-electron chi connectivity index (χ4n) is 2.16. The van der Waals surface area contributed by atoms with E-state index in [-0.39, 0.29) is 5.97 Å². The molecule has 1 N–H and O–H groups in total. The fourth-order valence-corrected chi connectivity index (χ4v) is 2.84. The number of hydrogen-bond acceptors (Lipinski definition) is 6. The largest absolute Gasteiger partial charge is 0.461 e. The Morgan fingerprint density at radius 2 is 2.56 bits per heavy atom. The molecule has 0 amide bonds. The van der Waals surface area contributed by atoms with Gasteiger partial charge in [0.25, 0.3) is 0 Å². The Labute approximate surface area is 111 Å². The summed E-state index contributed by atoms with van der Waals surface area (Å²) in [4.78, 5) is 18.1. The minimum Gasteiger partial charge on any atom is -0.461 e. The Balaban J connectivity index is 1.93. The van der Waals surface area contributed by atoms with Gasteiger partial charge in [-0.25, -0.2) is 9.78 Å². The van der Waals surface area contributed by atoms with Gasteiger partial charge >= 0.3 is 5.97 Å². The van der Waals surface area contributed by atoms with Gasteiger partial charge in [-0.2, -0.15) is 0 Å². The molecule has 0 aliphatic carbocycles. The van der Waals surface area contributed by atoms with Crippen molar-refractivity contribution in [2.24, 2.45) is 0 Å². The number of likely N-dealkylation sites (tertiary alicyclic amines) is 1. The van der Waals surface area contributed by atoms with Crippen LogP contribution in [-0.2, 0) is 4.74 Å². The number of likely N-dealkylation sites (N-methyl/N-ethyl adjacent to an activating group) is 1. The molecule has 1 aromatic rings. The van der Waals surface area contributed by atoms with Gasteiger partial charge in [0.2, 0.25) is 0 Å². The van der Waals surface area contributed by atoms with E-state index in [4.69, 9.17) is 4.74 Å². The van der Waals surface area contributed by atoms with Crippen LogP contribution in [0.15, 0.2) is 5.51 Å². The second-order valence-electron chi connectivity index (χ2n) is 4.41. The van der Waals surface area contributed by atoms with E-state index in [9.17, 15) is 4.79 Å². The number of hydrogen-bond donors (Lipinski definition) is 1. The van der Waals surface area contributed by atoms with Crippen LogP contribution in [-0.4, -0.2) is 48.6 Å². The van der Waals surface area contributed by atoms with Gasteiger partial charge in [0, 0.05) is 12.6 Å². The molecule has 0 bridgehead atoms. The molecule has 0 spiro atoms. The summed E-state index contributed by atoms with van der Waals surface area (Å²) < 4.78 is 4.97. The first-order valence-electron chi connectivity index (χ1n) is 6.27. The van der Waals surface area contributed by atoms with E-state index in [1.54, 1.807) is 12.4 Å². The summed E-state index contributed by atoms with van der Waals surface area (Å²) in [5.74, 6) is -0.346. The highest BCUT2D eigenvalue weighted by Crippen LogP contribution is 2.22. The quantitative estimate of drug-likeness (QED) is 0.826. The van der Waals surface area contributed by atoms with E-state index in [0.717, 1.165) is 18.1 Å². The van der Waals surface area contributed by atoms with Gasteiger partial charge in [-0.1, -0.05) is 0 Å². The molecule has 1 aromatic heterocycles. The van der Waals surface area contributed by atoms with Crippen LogP contribution in [0.25, 0.3) is 0 Å². The maximum Gasteiger partial charge on any atom is 0.360 e. The van der Waals surface area contributed by atoms with Crippen molar-refractivity contribution in [2.45, 2.75) is 25.8 Å². The lowest BCUT2D eigenvalue weighted by Crippen LogP contribution is -2.31. The average Bonchev–Trinajstić information content (AvgIpc) is 2.95. The summed E-state index contributed by atoms with van der Waals surface area (Å²) in [6, 6.07) is 0.544. The average molecular weight is 269 g/mol. The number of nitrogens with zero attached hydrogens (tertiary/aromatic N) is 2. The first-order chi connectivity index (χ1) is 8.72. The predicted molar refractivity (Wildman–Crippen MR) is 72.2 cm³/mol. The number of esters is 1. The third-order valence-electron chi connectivity index (χ3n) is 3.21. The lowest BCUT2D eigenvalue weighted by atomic mass is 10.2. The zero-order valence-corrected chi connectivity index (χ0v) is 11.6. The third-order valence-corrected chi connectivity index (χ3v) is 3.99. The Morgan fingerprint density at radius 3 is 3.22 bits per heavy atom. The number of anilines is 1. The minimum atomic E-state index is -0.346. The molecule has 18 heavy (non-hydrogen) atoms. The first kappa shape index (κ1) is 13.3. The van der Waals surface area contributed by atoms with Crippen LogP contribution < -0.4 is 5.32 Å². The number of ether oxygens (including phenoxy) is 1. The summed E-state index contributed by atoms with van der Waals surface area (Å²) in [5, 5.41) is 4.13. The maximum absolute atomic E-state index is 11.7. The van der Waals surface area contributed by atoms with Gasteiger partial charge in [-0.15, -0.1) is 11.3 Å². The molecule has 0 aromatic carbocycles. The van der Waals surface area contributed by atoms with Crippen molar-refractivity contribution >= 4 is 22.3 Å². The van der Waals surface area contributed by atoms with Crippen molar-refractivity contribution in [3.63, 3.8) is 0 Å². The van der Waals surface area contributed by atoms with Crippen molar-refractivity contribution in [3.8, 4) is 0 Å². The molecule has 2 rings (SSSR count). The standard InChI is InChI=1S/C12H19N3O2S/c1-3-17-12(16)10-11(18-8-14-10)13-7-9-5-4-6-15(9)2/h8-9,13H,3-7H2,1-2H3. The number of aromatic nitrogens is 1. The van der Waals surface area contributed by atoms with Gasteiger partial charge in [-0.3, -0.25) is 0 Å². The first-order valence-corrected chi connectivity index (χ1v) is 7.15. The topological polar surface area (TPSA) is 54.5 Å². The normalized spacial score (nSPS) is 20.0. The van der Waals surface area contributed by atoms with Crippen LogP contribution in [0.2, 0.25) is 0 Å². The number of nitrogens with one attached hydrogen (secondary N) is 1.